The second kappa shape index (κ2) is 3.34. The summed E-state index contributed by atoms with van der Waals surface area (Å²) in [5.41, 5.74) is -2.04. The average Bonchev–Trinajstić information content (AvgIpc) is 2.10. The molecule has 0 fully saturated rings. The van der Waals surface area contributed by atoms with Gasteiger partial charge in [0.05, 0.1) is 6.20 Å². The molecule has 0 atom stereocenters. The van der Waals surface area contributed by atoms with Gasteiger partial charge in [0, 0.05) is 6.42 Å². The fraction of sp³-hybridized carbons (Fsp3) is 0.286. The molecule has 1 rings (SSSR count). The van der Waals surface area contributed by atoms with E-state index in [1.54, 1.807) is 4.98 Å². The van der Waals surface area contributed by atoms with Crippen LogP contribution < -0.4 is 11.2 Å². The van der Waals surface area contributed by atoms with Crippen molar-refractivity contribution in [2.45, 2.75) is 13.3 Å². The highest BCUT2D eigenvalue weighted by Gasteiger charge is 2.08. The summed E-state index contributed by atoms with van der Waals surface area (Å²) in [5, 5.41) is 0. The molecular formula is C7H7FN2O3. The van der Waals surface area contributed by atoms with Gasteiger partial charge in [-0.2, -0.15) is 4.39 Å². The van der Waals surface area contributed by atoms with E-state index in [1.807, 2.05) is 0 Å². The molecule has 0 radical (unpaired) electrons. The number of halogens is 1. The van der Waals surface area contributed by atoms with Crippen molar-refractivity contribution in [1.82, 2.24) is 9.55 Å². The molecule has 0 amide bonds. The predicted octanol–water partition coefficient (Wildman–Crippen LogP) is -0.274. The Hall–Kier alpha value is -1.72. The lowest BCUT2D eigenvalue weighted by molar-refractivity contribution is 0.0901. The first-order valence-corrected chi connectivity index (χ1v) is 3.61. The smallest absolute Gasteiger partial charge is 0.274 e. The van der Waals surface area contributed by atoms with E-state index in [4.69, 9.17) is 0 Å². The van der Waals surface area contributed by atoms with Gasteiger partial charge in [-0.25, -0.2) is 9.36 Å². The number of aromatic nitrogens is 2. The molecule has 0 unspecified atom stereocenters. The van der Waals surface area contributed by atoms with Gasteiger partial charge in [-0.1, -0.05) is 6.92 Å². The minimum absolute atomic E-state index is 0.0609. The quantitative estimate of drug-likeness (QED) is 0.655. The van der Waals surface area contributed by atoms with E-state index in [0.29, 0.717) is 10.8 Å². The maximum Gasteiger partial charge on any atom is 0.335 e. The van der Waals surface area contributed by atoms with Crippen LogP contribution >= 0.6 is 0 Å². The molecule has 0 aromatic carbocycles. The minimum Gasteiger partial charge on any atom is -0.274 e. The van der Waals surface area contributed by atoms with Gasteiger partial charge in [0.15, 0.2) is 0 Å². The SMILES string of the molecule is CCC(=O)n1cc(F)c(=O)[nH]c1=O. The zero-order valence-corrected chi connectivity index (χ0v) is 6.83. The van der Waals surface area contributed by atoms with E-state index < -0.39 is 23.0 Å². The lowest BCUT2D eigenvalue weighted by atomic mass is 10.4. The van der Waals surface area contributed by atoms with Crippen molar-refractivity contribution in [3.05, 3.63) is 32.9 Å². The number of rotatable bonds is 1. The molecule has 0 saturated heterocycles. The Morgan fingerprint density at radius 2 is 2.23 bits per heavy atom. The zero-order valence-electron chi connectivity index (χ0n) is 6.83. The molecule has 0 aliphatic rings. The Morgan fingerprint density at radius 1 is 1.62 bits per heavy atom. The molecule has 13 heavy (non-hydrogen) atoms. The van der Waals surface area contributed by atoms with Gasteiger partial charge in [-0.05, 0) is 0 Å². The van der Waals surface area contributed by atoms with E-state index in [0.717, 1.165) is 0 Å². The first-order chi connectivity index (χ1) is 6.06. The van der Waals surface area contributed by atoms with E-state index in [9.17, 15) is 18.8 Å². The van der Waals surface area contributed by atoms with Crippen molar-refractivity contribution in [2.24, 2.45) is 0 Å². The molecule has 0 aliphatic heterocycles. The van der Waals surface area contributed by atoms with Gasteiger partial charge in [0.25, 0.3) is 5.56 Å². The van der Waals surface area contributed by atoms with Crippen molar-refractivity contribution in [1.29, 1.82) is 0 Å². The first kappa shape index (κ1) is 9.37. The Morgan fingerprint density at radius 3 is 2.77 bits per heavy atom. The number of carbonyl (C=O) groups is 1. The molecule has 1 aromatic heterocycles. The maximum absolute atomic E-state index is 12.6. The monoisotopic (exact) mass is 186 g/mol. The fourth-order valence-electron chi connectivity index (χ4n) is 0.803. The van der Waals surface area contributed by atoms with Gasteiger partial charge >= 0.3 is 5.69 Å². The molecular weight excluding hydrogens is 179 g/mol. The third-order valence-electron chi connectivity index (χ3n) is 1.47. The molecule has 6 heteroatoms. The third-order valence-corrected chi connectivity index (χ3v) is 1.47. The summed E-state index contributed by atoms with van der Waals surface area (Å²) in [4.78, 5) is 34.1. The standard InChI is InChI=1S/C7H7FN2O3/c1-2-5(11)10-3-4(8)6(12)9-7(10)13/h3H,2H2,1H3,(H,9,12,13). The number of nitrogens with one attached hydrogen (secondary N) is 1. The summed E-state index contributed by atoms with van der Waals surface area (Å²) in [7, 11) is 0. The molecule has 0 bridgehead atoms. The molecule has 1 aromatic rings. The number of aromatic amines is 1. The van der Waals surface area contributed by atoms with Gasteiger partial charge in [-0.3, -0.25) is 14.6 Å². The van der Waals surface area contributed by atoms with Crippen molar-refractivity contribution >= 4 is 5.91 Å². The lowest BCUT2D eigenvalue weighted by Crippen LogP contribution is -2.34. The largest absolute Gasteiger partial charge is 0.335 e. The van der Waals surface area contributed by atoms with Crippen molar-refractivity contribution < 1.29 is 9.18 Å². The summed E-state index contributed by atoms with van der Waals surface area (Å²) >= 11 is 0. The highest BCUT2D eigenvalue weighted by molar-refractivity contribution is 5.78. The topological polar surface area (TPSA) is 71.9 Å². The van der Waals surface area contributed by atoms with E-state index in [2.05, 4.69) is 0 Å². The maximum atomic E-state index is 12.6. The lowest BCUT2D eigenvalue weighted by Gasteiger charge is -1.99. The fourth-order valence-corrected chi connectivity index (χ4v) is 0.803. The Kier molecular flexibility index (Phi) is 2.41. The summed E-state index contributed by atoms with van der Waals surface area (Å²) < 4.78 is 13.1. The second-order valence-electron chi connectivity index (χ2n) is 2.35. The first-order valence-electron chi connectivity index (χ1n) is 3.61. The number of hydrogen-bond acceptors (Lipinski definition) is 3. The normalized spacial score (nSPS) is 10.0. The summed E-state index contributed by atoms with van der Waals surface area (Å²) in [5.74, 6) is -1.72. The van der Waals surface area contributed by atoms with Crippen LogP contribution in [0.5, 0.6) is 0 Å². The van der Waals surface area contributed by atoms with Crippen LogP contribution in [0.2, 0.25) is 0 Å². The highest BCUT2D eigenvalue weighted by atomic mass is 19.1. The second-order valence-corrected chi connectivity index (χ2v) is 2.35. The van der Waals surface area contributed by atoms with E-state index in [-0.39, 0.29) is 6.42 Å². The van der Waals surface area contributed by atoms with E-state index >= 15 is 0 Å². The Bertz CT molecular complexity index is 446. The Balaban J connectivity index is 3.41. The summed E-state index contributed by atoms with van der Waals surface area (Å²) in [6.07, 6.45) is 0.651. The van der Waals surface area contributed by atoms with Crippen molar-refractivity contribution in [2.75, 3.05) is 0 Å². The van der Waals surface area contributed by atoms with Crippen molar-refractivity contribution in [3.63, 3.8) is 0 Å². The third kappa shape index (κ3) is 1.71. The number of nitrogens with zero attached hydrogens (tertiary/aromatic N) is 1. The molecule has 0 spiro atoms. The molecule has 1 heterocycles. The molecule has 0 saturated carbocycles. The Labute approximate surface area is 71.8 Å². The zero-order chi connectivity index (χ0) is 10.0. The van der Waals surface area contributed by atoms with E-state index in [1.165, 1.54) is 6.92 Å². The molecule has 1 N–H and O–H groups in total. The molecule has 0 aliphatic carbocycles. The van der Waals surface area contributed by atoms with Crippen LogP contribution in [-0.4, -0.2) is 15.5 Å². The minimum atomic E-state index is -1.15. The van der Waals surface area contributed by atoms with Gasteiger partial charge in [0.2, 0.25) is 11.7 Å². The van der Waals surface area contributed by atoms with Crippen LogP contribution in [0, 0.1) is 5.82 Å². The van der Waals surface area contributed by atoms with Crippen LogP contribution in [0.25, 0.3) is 0 Å². The molecule has 70 valence electrons. The number of H-pyrrole nitrogens is 1. The highest BCUT2D eigenvalue weighted by Crippen LogP contribution is 1.87. The van der Waals surface area contributed by atoms with Crippen LogP contribution in [-0.2, 0) is 0 Å². The van der Waals surface area contributed by atoms with Crippen LogP contribution in [0.1, 0.15) is 18.1 Å². The van der Waals surface area contributed by atoms with Crippen molar-refractivity contribution in [3.8, 4) is 0 Å². The molecule has 5 nitrogen and oxygen atoms in total. The predicted molar refractivity (Wildman–Crippen MR) is 42.2 cm³/mol. The van der Waals surface area contributed by atoms with Gasteiger partial charge in [-0.15, -0.1) is 0 Å². The van der Waals surface area contributed by atoms with Gasteiger partial charge in [0.1, 0.15) is 0 Å². The average molecular weight is 186 g/mol. The van der Waals surface area contributed by atoms with Gasteiger partial charge < -0.3 is 0 Å². The number of hydrogen-bond donors (Lipinski definition) is 1. The van der Waals surface area contributed by atoms with Crippen LogP contribution in [0.15, 0.2) is 15.8 Å². The number of carbonyl (C=O) groups excluding carboxylic acids is 1. The summed E-state index contributed by atoms with van der Waals surface area (Å²) in [6, 6.07) is 0. The van der Waals surface area contributed by atoms with Crippen LogP contribution in [0.3, 0.4) is 0 Å². The van der Waals surface area contributed by atoms with Crippen LogP contribution in [0.4, 0.5) is 4.39 Å². The summed E-state index contributed by atoms with van der Waals surface area (Å²) in [6.45, 7) is 1.53.